The fourth-order valence-electron chi connectivity index (χ4n) is 1.20. The summed E-state index contributed by atoms with van der Waals surface area (Å²) in [5.41, 5.74) is 10.2. The molecular formula is C11H11BrClN5. The second-order valence-electron chi connectivity index (χ2n) is 3.59. The minimum absolute atomic E-state index is 0.198. The number of nitrogens with one attached hydrogen (secondary N) is 2. The highest BCUT2D eigenvalue weighted by molar-refractivity contribution is 9.10. The Kier molecular flexibility index (Phi) is 4.70. The van der Waals surface area contributed by atoms with Crippen molar-refractivity contribution in [2.75, 3.05) is 5.43 Å². The SMILES string of the molecule is Cc1cc(Cl)c(N/N=C(\C#N)C(=N)N)c(Br)c1C. The van der Waals surface area contributed by atoms with Gasteiger partial charge in [-0.1, -0.05) is 11.6 Å². The molecule has 0 spiro atoms. The number of nitrogens with two attached hydrogens (primary N) is 1. The number of hydrogen-bond donors (Lipinski definition) is 3. The normalized spacial score (nSPS) is 10.9. The summed E-state index contributed by atoms with van der Waals surface area (Å²) in [6.45, 7) is 3.87. The van der Waals surface area contributed by atoms with Gasteiger partial charge in [0.05, 0.1) is 10.7 Å². The van der Waals surface area contributed by atoms with E-state index in [4.69, 9.17) is 28.0 Å². The minimum atomic E-state index is -0.402. The number of nitrogens with zero attached hydrogens (tertiary/aromatic N) is 2. The first-order valence-electron chi connectivity index (χ1n) is 4.91. The van der Waals surface area contributed by atoms with Crippen LogP contribution < -0.4 is 11.2 Å². The Labute approximate surface area is 118 Å². The Morgan fingerprint density at radius 3 is 2.72 bits per heavy atom. The molecule has 0 aliphatic heterocycles. The molecule has 0 bridgehead atoms. The molecule has 0 radical (unpaired) electrons. The minimum Gasteiger partial charge on any atom is -0.382 e. The van der Waals surface area contributed by atoms with Crippen molar-refractivity contribution in [2.45, 2.75) is 13.8 Å². The molecule has 0 aliphatic carbocycles. The van der Waals surface area contributed by atoms with Crippen LogP contribution in [-0.4, -0.2) is 11.5 Å². The van der Waals surface area contributed by atoms with E-state index in [1.54, 1.807) is 12.1 Å². The van der Waals surface area contributed by atoms with E-state index in [0.717, 1.165) is 15.6 Å². The van der Waals surface area contributed by atoms with Crippen molar-refractivity contribution in [2.24, 2.45) is 10.8 Å². The Morgan fingerprint density at radius 2 is 2.22 bits per heavy atom. The third kappa shape index (κ3) is 3.00. The van der Waals surface area contributed by atoms with E-state index in [1.807, 2.05) is 13.8 Å². The molecule has 0 heterocycles. The lowest BCUT2D eigenvalue weighted by Gasteiger charge is -2.11. The van der Waals surface area contributed by atoms with Crippen molar-refractivity contribution in [3.63, 3.8) is 0 Å². The molecule has 7 heteroatoms. The van der Waals surface area contributed by atoms with Gasteiger partial charge in [-0.2, -0.15) is 10.4 Å². The summed E-state index contributed by atoms with van der Waals surface area (Å²) in [6.07, 6.45) is 0. The van der Waals surface area contributed by atoms with Crippen LogP contribution >= 0.6 is 27.5 Å². The summed E-state index contributed by atoms with van der Waals surface area (Å²) in [6, 6.07) is 3.51. The number of anilines is 1. The predicted molar refractivity (Wildman–Crippen MR) is 77.2 cm³/mol. The van der Waals surface area contributed by atoms with Gasteiger partial charge in [-0.05, 0) is 47.0 Å². The zero-order chi connectivity index (χ0) is 13.9. The van der Waals surface area contributed by atoms with Gasteiger partial charge in [0, 0.05) is 4.47 Å². The van der Waals surface area contributed by atoms with Crippen LogP contribution in [0.25, 0.3) is 0 Å². The Balaban J connectivity index is 3.18. The first-order chi connectivity index (χ1) is 8.38. The summed E-state index contributed by atoms with van der Waals surface area (Å²) < 4.78 is 0.761. The van der Waals surface area contributed by atoms with Gasteiger partial charge in [-0.25, -0.2) is 0 Å². The molecule has 1 aromatic carbocycles. The maximum absolute atomic E-state index is 8.73. The average molecular weight is 329 g/mol. The van der Waals surface area contributed by atoms with E-state index in [2.05, 4.69) is 26.5 Å². The summed E-state index contributed by atoms with van der Waals surface area (Å²) in [7, 11) is 0. The third-order valence-electron chi connectivity index (χ3n) is 2.36. The van der Waals surface area contributed by atoms with Gasteiger partial charge in [-0.3, -0.25) is 10.8 Å². The first-order valence-corrected chi connectivity index (χ1v) is 6.09. The van der Waals surface area contributed by atoms with Crippen LogP contribution in [0.4, 0.5) is 5.69 Å². The summed E-state index contributed by atoms with van der Waals surface area (Å²) >= 11 is 9.49. The van der Waals surface area contributed by atoms with E-state index < -0.39 is 5.84 Å². The Bertz CT molecular complexity index is 574. The van der Waals surface area contributed by atoms with Crippen LogP contribution in [-0.2, 0) is 0 Å². The molecule has 0 aromatic heterocycles. The number of hydrazone groups is 1. The van der Waals surface area contributed by atoms with Crippen LogP contribution in [0.15, 0.2) is 15.6 Å². The second kappa shape index (κ2) is 5.85. The molecule has 0 amide bonds. The number of amidine groups is 1. The number of aryl methyl sites for hydroxylation is 1. The standard InChI is InChI=1S/C11H11BrClN5/c1-5-3-7(13)10(9(12)6(5)2)18-17-8(4-14)11(15)16/h3,18H,1-2H3,(H3,15,16)/b17-8+. The highest BCUT2D eigenvalue weighted by Gasteiger charge is 2.11. The van der Waals surface area contributed by atoms with E-state index in [0.29, 0.717) is 10.7 Å². The van der Waals surface area contributed by atoms with Gasteiger partial charge in [0.1, 0.15) is 6.07 Å². The molecule has 94 valence electrons. The largest absolute Gasteiger partial charge is 0.382 e. The number of benzene rings is 1. The van der Waals surface area contributed by atoms with Crippen molar-refractivity contribution in [1.82, 2.24) is 0 Å². The molecule has 0 aliphatic rings. The van der Waals surface area contributed by atoms with E-state index >= 15 is 0 Å². The summed E-state index contributed by atoms with van der Waals surface area (Å²) in [4.78, 5) is 0. The molecule has 1 aromatic rings. The van der Waals surface area contributed by atoms with Crippen molar-refractivity contribution in [3.05, 3.63) is 26.7 Å². The predicted octanol–water partition coefficient (Wildman–Crippen LogP) is 2.95. The number of hydrogen-bond acceptors (Lipinski definition) is 4. The molecular weight excluding hydrogens is 318 g/mol. The summed E-state index contributed by atoms with van der Waals surface area (Å²) in [5.74, 6) is -0.402. The first kappa shape index (κ1) is 14.5. The fraction of sp³-hybridized carbons (Fsp3) is 0.182. The van der Waals surface area contributed by atoms with Crippen LogP contribution in [0.5, 0.6) is 0 Å². The van der Waals surface area contributed by atoms with Gasteiger partial charge in [0.2, 0.25) is 5.71 Å². The molecule has 1 rings (SSSR count). The molecule has 5 nitrogen and oxygen atoms in total. The molecule has 0 saturated heterocycles. The molecule has 4 N–H and O–H groups in total. The highest BCUT2D eigenvalue weighted by Crippen LogP contribution is 2.35. The van der Waals surface area contributed by atoms with E-state index in [9.17, 15) is 0 Å². The smallest absolute Gasteiger partial charge is 0.201 e. The zero-order valence-corrected chi connectivity index (χ0v) is 12.1. The Morgan fingerprint density at radius 1 is 1.61 bits per heavy atom. The summed E-state index contributed by atoms with van der Waals surface area (Å²) in [5, 5.41) is 20.1. The third-order valence-corrected chi connectivity index (χ3v) is 3.65. The molecule has 0 unspecified atom stereocenters. The fourth-order valence-corrected chi connectivity index (χ4v) is 2.23. The van der Waals surface area contributed by atoms with Crippen LogP contribution in [0.2, 0.25) is 5.02 Å². The van der Waals surface area contributed by atoms with E-state index in [1.165, 1.54) is 0 Å². The van der Waals surface area contributed by atoms with Gasteiger partial charge in [0.15, 0.2) is 5.84 Å². The van der Waals surface area contributed by atoms with E-state index in [-0.39, 0.29) is 5.71 Å². The van der Waals surface area contributed by atoms with Gasteiger partial charge in [0.25, 0.3) is 0 Å². The second-order valence-corrected chi connectivity index (χ2v) is 4.79. The van der Waals surface area contributed by atoms with Crippen LogP contribution in [0.3, 0.4) is 0 Å². The Hall–Kier alpha value is -1.58. The monoisotopic (exact) mass is 327 g/mol. The zero-order valence-electron chi connectivity index (χ0n) is 9.81. The molecule has 0 saturated carbocycles. The number of halogens is 2. The van der Waals surface area contributed by atoms with Gasteiger partial charge < -0.3 is 5.73 Å². The topological polar surface area (TPSA) is 98.0 Å². The molecule has 18 heavy (non-hydrogen) atoms. The highest BCUT2D eigenvalue weighted by atomic mass is 79.9. The van der Waals surface area contributed by atoms with Crippen molar-refractivity contribution in [1.29, 1.82) is 10.7 Å². The lowest BCUT2D eigenvalue weighted by atomic mass is 10.1. The van der Waals surface area contributed by atoms with Gasteiger partial charge in [-0.15, -0.1) is 0 Å². The maximum atomic E-state index is 8.73. The van der Waals surface area contributed by atoms with Crippen LogP contribution in [0.1, 0.15) is 11.1 Å². The van der Waals surface area contributed by atoms with Crippen molar-refractivity contribution >= 4 is 44.8 Å². The average Bonchev–Trinajstić information content (AvgIpc) is 2.30. The molecule has 0 atom stereocenters. The van der Waals surface area contributed by atoms with Crippen molar-refractivity contribution in [3.8, 4) is 6.07 Å². The number of nitriles is 1. The quantitative estimate of drug-likeness (QED) is 0.452. The van der Waals surface area contributed by atoms with Gasteiger partial charge >= 0.3 is 0 Å². The van der Waals surface area contributed by atoms with Crippen LogP contribution in [0, 0.1) is 30.6 Å². The maximum Gasteiger partial charge on any atom is 0.201 e. The lowest BCUT2D eigenvalue weighted by Crippen LogP contribution is -2.22. The number of rotatable bonds is 3. The lowest BCUT2D eigenvalue weighted by molar-refractivity contribution is 1.27. The molecule has 0 fully saturated rings. The van der Waals surface area contributed by atoms with Crippen molar-refractivity contribution < 1.29 is 0 Å².